The lowest BCUT2D eigenvalue weighted by molar-refractivity contribution is 0.0684. The number of carboxylic acid groups (broad SMARTS) is 1. The first-order valence-electron chi connectivity index (χ1n) is 4.66. The highest BCUT2D eigenvalue weighted by Crippen LogP contribution is 2.19. The molecule has 15 heavy (non-hydrogen) atoms. The lowest BCUT2D eigenvalue weighted by Gasteiger charge is -2.05. The Hall–Kier alpha value is -1.81. The number of nitrogens with zero attached hydrogens (tertiary/aromatic N) is 1. The van der Waals surface area contributed by atoms with Crippen LogP contribution in [-0.2, 0) is 6.54 Å². The van der Waals surface area contributed by atoms with Crippen LogP contribution in [-0.4, -0.2) is 27.4 Å². The molecule has 0 saturated heterocycles. The van der Waals surface area contributed by atoms with Gasteiger partial charge in [-0.3, -0.25) is 0 Å². The molecule has 0 saturated carbocycles. The van der Waals surface area contributed by atoms with Gasteiger partial charge in [-0.05, 0) is 12.1 Å². The molecule has 2 aromatic rings. The van der Waals surface area contributed by atoms with Crippen LogP contribution in [0, 0.1) is 0 Å². The number of aromatic carboxylic acids is 1. The second-order valence-corrected chi connectivity index (χ2v) is 3.27. The minimum Gasteiger partial charge on any atom is -0.477 e. The number of aliphatic hydroxyl groups is 1. The minimum atomic E-state index is -0.973. The van der Waals surface area contributed by atoms with Crippen molar-refractivity contribution in [2.45, 2.75) is 6.54 Å². The van der Waals surface area contributed by atoms with Gasteiger partial charge in [-0.2, -0.15) is 0 Å². The Kier molecular flexibility index (Phi) is 2.43. The molecule has 2 N–H and O–H groups in total. The summed E-state index contributed by atoms with van der Waals surface area (Å²) in [6.45, 7) is 0.230. The molecule has 2 rings (SSSR count). The summed E-state index contributed by atoms with van der Waals surface area (Å²) in [5.74, 6) is -0.973. The van der Waals surface area contributed by atoms with Gasteiger partial charge in [0.1, 0.15) is 5.69 Å². The van der Waals surface area contributed by atoms with Crippen LogP contribution in [0.4, 0.5) is 0 Å². The Balaban J connectivity index is 2.68. The zero-order valence-electron chi connectivity index (χ0n) is 8.05. The van der Waals surface area contributed by atoms with E-state index in [0.29, 0.717) is 6.54 Å². The molecule has 4 nitrogen and oxygen atoms in total. The Bertz CT molecular complexity index is 502. The molecule has 78 valence electrons. The predicted octanol–water partition coefficient (Wildman–Crippen LogP) is 1.33. The first-order valence-corrected chi connectivity index (χ1v) is 4.66. The van der Waals surface area contributed by atoms with Crippen LogP contribution in [0.5, 0.6) is 0 Å². The van der Waals surface area contributed by atoms with E-state index in [9.17, 15) is 4.79 Å². The van der Waals surface area contributed by atoms with Crippen molar-refractivity contribution < 1.29 is 15.0 Å². The molecule has 0 amide bonds. The molecule has 0 spiro atoms. The third-order valence-electron chi connectivity index (χ3n) is 2.35. The van der Waals surface area contributed by atoms with E-state index < -0.39 is 5.97 Å². The largest absolute Gasteiger partial charge is 0.477 e. The maximum Gasteiger partial charge on any atom is 0.352 e. The topological polar surface area (TPSA) is 62.5 Å². The molecule has 1 aromatic carbocycles. The fourth-order valence-electron chi connectivity index (χ4n) is 1.73. The van der Waals surface area contributed by atoms with E-state index >= 15 is 0 Å². The van der Waals surface area contributed by atoms with E-state index in [4.69, 9.17) is 10.2 Å². The van der Waals surface area contributed by atoms with Crippen LogP contribution in [0.3, 0.4) is 0 Å². The Labute approximate surface area is 86.4 Å². The molecule has 0 radical (unpaired) electrons. The molecule has 0 unspecified atom stereocenters. The molecule has 0 atom stereocenters. The van der Waals surface area contributed by atoms with E-state index in [-0.39, 0.29) is 12.3 Å². The van der Waals surface area contributed by atoms with Crippen molar-refractivity contribution in [3.05, 3.63) is 36.0 Å². The number of carbonyl (C=O) groups is 1. The van der Waals surface area contributed by atoms with Crippen molar-refractivity contribution in [2.24, 2.45) is 0 Å². The molecule has 0 aliphatic carbocycles. The quantitative estimate of drug-likeness (QED) is 0.794. The summed E-state index contributed by atoms with van der Waals surface area (Å²) in [7, 11) is 0. The second-order valence-electron chi connectivity index (χ2n) is 3.27. The van der Waals surface area contributed by atoms with Gasteiger partial charge in [0.25, 0.3) is 0 Å². The summed E-state index contributed by atoms with van der Waals surface area (Å²) in [6, 6.07) is 9.03. The number of hydrogen-bond acceptors (Lipinski definition) is 2. The van der Waals surface area contributed by atoms with Gasteiger partial charge in [0.15, 0.2) is 0 Å². The number of para-hydroxylation sites is 1. The van der Waals surface area contributed by atoms with Gasteiger partial charge in [0, 0.05) is 17.4 Å². The molecular weight excluding hydrogens is 194 g/mol. The number of rotatable bonds is 3. The zero-order chi connectivity index (χ0) is 10.8. The van der Waals surface area contributed by atoms with E-state index in [0.717, 1.165) is 10.9 Å². The fraction of sp³-hybridized carbons (Fsp3) is 0.182. The first-order chi connectivity index (χ1) is 7.24. The fourth-order valence-corrected chi connectivity index (χ4v) is 1.73. The molecule has 0 aliphatic rings. The zero-order valence-corrected chi connectivity index (χ0v) is 8.05. The minimum absolute atomic E-state index is 0.0705. The van der Waals surface area contributed by atoms with E-state index in [1.54, 1.807) is 10.6 Å². The summed E-state index contributed by atoms with van der Waals surface area (Å²) in [6.07, 6.45) is 0. The van der Waals surface area contributed by atoms with Gasteiger partial charge in [-0.15, -0.1) is 0 Å². The van der Waals surface area contributed by atoms with Crippen LogP contribution in [0.2, 0.25) is 0 Å². The molecule has 0 aliphatic heterocycles. The molecule has 0 fully saturated rings. The van der Waals surface area contributed by atoms with Crippen molar-refractivity contribution in [3.63, 3.8) is 0 Å². The predicted molar refractivity (Wildman–Crippen MR) is 56.0 cm³/mol. The third kappa shape index (κ3) is 1.59. The summed E-state index contributed by atoms with van der Waals surface area (Å²) in [4.78, 5) is 11.0. The highest BCUT2D eigenvalue weighted by atomic mass is 16.4. The van der Waals surface area contributed by atoms with Crippen LogP contribution in [0.25, 0.3) is 10.9 Å². The van der Waals surface area contributed by atoms with Crippen LogP contribution >= 0.6 is 0 Å². The van der Waals surface area contributed by atoms with Gasteiger partial charge >= 0.3 is 5.97 Å². The SMILES string of the molecule is O=C(O)c1cc2ccccc2n1CCO. The van der Waals surface area contributed by atoms with Crippen molar-refractivity contribution in [3.8, 4) is 0 Å². The average molecular weight is 205 g/mol. The third-order valence-corrected chi connectivity index (χ3v) is 2.35. The maximum atomic E-state index is 11.0. The van der Waals surface area contributed by atoms with Crippen molar-refractivity contribution in [2.75, 3.05) is 6.61 Å². The monoisotopic (exact) mass is 205 g/mol. The lowest BCUT2D eigenvalue weighted by atomic mass is 10.2. The number of aromatic nitrogens is 1. The first kappa shape index (κ1) is 9.73. The van der Waals surface area contributed by atoms with E-state index in [1.807, 2.05) is 24.3 Å². The Morgan fingerprint density at radius 3 is 2.73 bits per heavy atom. The van der Waals surface area contributed by atoms with Crippen LogP contribution < -0.4 is 0 Å². The molecule has 1 aromatic heterocycles. The number of hydrogen-bond donors (Lipinski definition) is 2. The number of benzene rings is 1. The van der Waals surface area contributed by atoms with Gasteiger partial charge in [-0.25, -0.2) is 4.79 Å². The Morgan fingerprint density at radius 1 is 1.33 bits per heavy atom. The molecular formula is C11H11NO3. The summed E-state index contributed by atoms with van der Waals surface area (Å²) < 4.78 is 1.61. The highest BCUT2D eigenvalue weighted by Gasteiger charge is 2.13. The second kappa shape index (κ2) is 3.74. The van der Waals surface area contributed by atoms with Gasteiger partial charge < -0.3 is 14.8 Å². The number of carboxylic acids is 1. The van der Waals surface area contributed by atoms with Crippen molar-refractivity contribution >= 4 is 16.9 Å². The van der Waals surface area contributed by atoms with E-state index in [2.05, 4.69) is 0 Å². The van der Waals surface area contributed by atoms with Crippen molar-refractivity contribution in [1.29, 1.82) is 0 Å². The van der Waals surface area contributed by atoms with Gasteiger partial charge in [-0.1, -0.05) is 18.2 Å². The highest BCUT2D eigenvalue weighted by molar-refractivity contribution is 5.94. The smallest absolute Gasteiger partial charge is 0.352 e. The van der Waals surface area contributed by atoms with Crippen LogP contribution in [0.15, 0.2) is 30.3 Å². The summed E-state index contributed by atoms with van der Waals surface area (Å²) >= 11 is 0. The lowest BCUT2D eigenvalue weighted by Crippen LogP contribution is -2.10. The van der Waals surface area contributed by atoms with Gasteiger partial charge in [0.05, 0.1) is 6.61 Å². The number of aliphatic hydroxyl groups excluding tert-OH is 1. The number of fused-ring (bicyclic) bond motifs is 1. The normalized spacial score (nSPS) is 10.7. The maximum absolute atomic E-state index is 11.0. The standard InChI is InChI=1S/C11H11NO3/c13-6-5-12-9-4-2-1-3-8(9)7-10(12)11(14)15/h1-4,7,13H,5-6H2,(H,14,15). The van der Waals surface area contributed by atoms with Crippen LogP contribution in [0.1, 0.15) is 10.5 Å². The van der Waals surface area contributed by atoms with Gasteiger partial charge in [0.2, 0.25) is 0 Å². The molecule has 4 heteroatoms. The molecule has 1 heterocycles. The summed E-state index contributed by atoms with van der Waals surface area (Å²) in [5.41, 5.74) is 1.05. The van der Waals surface area contributed by atoms with Crippen molar-refractivity contribution in [1.82, 2.24) is 4.57 Å². The summed E-state index contributed by atoms with van der Waals surface area (Å²) in [5, 5.41) is 18.8. The molecule has 0 bridgehead atoms. The Morgan fingerprint density at radius 2 is 2.07 bits per heavy atom. The average Bonchev–Trinajstić information content (AvgIpc) is 2.58. The van der Waals surface area contributed by atoms with E-state index in [1.165, 1.54) is 0 Å².